The van der Waals surface area contributed by atoms with Crippen LogP contribution in [0, 0.1) is 13.8 Å². The van der Waals surface area contributed by atoms with E-state index in [1.807, 2.05) is 32.4 Å². The highest BCUT2D eigenvalue weighted by atomic mass is 32.1. The summed E-state index contributed by atoms with van der Waals surface area (Å²) in [6.45, 7) is 9.18. The number of hydrogen-bond acceptors (Lipinski definition) is 5. The third-order valence-electron chi connectivity index (χ3n) is 4.24. The predicted octanol–water partition coefficient (Wildman–Crippen LogP) is 0.875. The van der Waals surface area contributed by atoms with E-state index in [1.54, 1.807) is 11.3 Å². The van der Waals surface area contributed by atoms with Crippen molar-refractivity contribution >= 4 is 17.2 Å². The number of likely N-dealkylation sites (N-methyl/N-ethyl adjacent to an activating group) is 1. The molecule has 9 heteroatoms. The second kappa shape index (κ2) is 8.01. The summed E-state index contributed by atoms with van der Waals surface area (Å²) in [6, 6.07) is 2.28. The quantitative estimate of drug-likeness (QED) is 0.560. The van der Waals surface area contributed by atoms with Gasteiger partial charge in [-0.2, -0.15) is 10.1 Å². The largest absolute Gasteiger partial charge is 0.349 e. The fraction of sp³-hybridized carbons (Fsp3) is 0.444. The lowest BCUT2D eigenvalue weighted by Crippen LogP contribution is -3.09. The molecule has 0 saturated heterocycles. The fourth-order valence-electron chi connectivity index (χ4n) is 3.14. The minimum atomic E-state index is 0.0647. The number of nitrogens with zero attached hydrogens (tertiary/aromatic N) is 4. The lowest BCUT2D eigenvalue weighted by molar-refractivity contribution is -0.885. The molecular weight excluding hydrogens is 362 g/mol. The molecule has 0 aliphatic rings. The number of aryl methyl sites for hydroxylation is 1. The maximum Gasteiger partial charge on any atom is 0.275 e. The van der Waals surface area contributed by atoms with Gasteiger partial charge in [-0.3, -0.25) is 9.36 Å². The first-order valence-corrected chi connectivity index (χ1v) is 9.83. The molecule has 3 heterocycles. The summed E-state index contributed by atoms with van der Waals surface area (Å²) in [5, 5.41) is 12.9. The van der Waals surface area contributed by atoms with Crippen LogP contribution in [0.15, 0.2) is 17.8 Å². The Morgan fingerprint density at radius 1 is 1.41 bits per heavy atom. The summed E-state index contributed by atoms with van der Waals surface area (Å²) in [5.41, 5.74) is 4.18. The number of aromatic amines is 1. The van der Waals surface area contributed by atoms with Crippen LogP contribution in [-0.4, -0.2) is 50.3 Å². The minimum Gasteiger partial charge on any atom is -0.349 e. The zero-order valence-electron chi connectivity index (χ0n) is 16.3. The van der Waals surface area contributed by atoms with Gasteiger partial charge in [0.15, 0.2) is 6.54 Å². The van der Waals surface area contributed by atoms with Crippen LogP contribution >= 0.6 is 11.3 Å². The summed E-state index contributed by atoms with van der Waals surface area (Å²) >= 11 is 1.63. The molecule has 1 atom stereocenters. The highest BCUT2D eigenvalue weighted by molar-refractivity contribution is 7.09. The van der Waals surface area contributed by atoms with Gasteiger partial charge < -0.3 is 10.2 Å². The van der Waals surface area contributed by atoms with Gasteiger partial charge in [0.05, 0.1) is 12.7 Å². The average Bonchev–Trinajstić information content (AvgIpc) is 3.27. The molecule has 144 valence electrons. The maximum absolute atomic E-state index is 11.9. The van der Waals surface area contributed by atoms with Crippen molar-refractivity contribution < 1.29 is 9.69 Å². The van der Waals surface area contributed by atoms with Crippen LogP contribution in [0.2, 0.25) is 0 Å². The molecule has 0 radical (unpaired) electrons. The van der Waals surface area contributed by atoms with E-state index in [1.165, 1.54) is 6.33 Å². The topological polar surface area (TPSA) is 92.9 Å². The highest BCUT2D eigenvalue weighted by Crippen LogP contribution is 2.29. The van der Waals surface area contributed by atoms with Crippen molar-refractivity contribution in [1.29, 1.82) is 0 Å². The van der Waals surface area contributed by atoms with E-state index in [0.29, 0.717) is 12.5 Å². The summed E-state index contributed by atoms with van der Waals surface area (Å²) in [6.07, 6.45) is 1.50. The van der Waals surface area contributed by atoms with Crippen molar-refractivity contribution in [1.82, 2.24) is 30.0 Å². The van der Waals surface area contributed by atoms with Crippen LogP contribution in [0.4, 0.5) is 0 Å². The zero-order valence-corrected chi connectivity index (χ0v) is 17.1. The zero-order chi connectivity index (χ0) is 19.6. The number of H-pyrrole nitrogens is 1. The number of nitrogens with one attached hydrogen (secondary N) is 3. The van der Waals surface area contributed by atoms with Gasteiger partial charge in [-0.15, -0.1) is 11.3 Å². The molecule has 0 spiro atoms. The summed E-state index contributed by atoms with van der Waals surface area (Å²) in [5.74, 6) is 0.766. The number of thiazole rings is 1. The van der Waals surface area contributed by atoms with Crippen LogP contribution < -0.4 is 10.2 Å². The number of amides is 1. The van der Waals surface area contributed by atoms with Crippen LogP contribution in [0.1, 0.15) is 30.2 Å². The SMILES string of the molecule is Cc1cc(-c2csc(C[NH+](C)CC(=O)NC(C)C)n2)c(C)n1-c1ncn[nH]1. The molecule has 27 heavy (non-hydrogen) atoms. The Kier molecular flexibility index (Phi) is 5.71. The van der Waals surface area contributed by atoms with Crippen molar-refractivity contribution in [2.24, 2.45) is 0 Å². The Morgan fingerprint density at radius 2 is 2.19 bits per heavy atom. The van der Waals surface area contributed by atoms with Gasteiger partial charge in [-0.1, -0.05) is 0 Å². The fourth-order valence-corrected chi connectivity index (χ4v) is 4.05. The summed E-state index contributed by atoms with van der Waals surface area (Å²) in [7, 11) is 2.01. The van der Waals surface area contributed by atoms with E-state index < -0.39 is 0 Å². The lowest BCUT2D eigenvalue weighted by Gasteiger charge is -2.13. The third kappa shape index (κ3) is 4.42. The Morgan fingerprint density at radius 3 is 2.85 bits per heavy atom. The monoisotopic (exact) mass is 388 g/mol. The number of carbonyl (C=O) groups excluding carboxylic acids is 1. The molecule has 0 fully saturated rings. The molecule has 0 bridgehead atoms. The molecule has 3 rings (SSSR count). The molecule has 0 aliphatic heterocycles. The van der Waals surface area contributed by atoms with Gasteiger partial charge in [0.25, 0.3) is 5.91 Å². The number of rotatable bonds is 7. The van der Waals surface area contributed by atoms with Crippen LogP contribution in [0.5, 0.6) is 0 Å². The first kappa shape index (κ1) is 19.2. The Labute approximate surface area is 162 Å². The Hall–Kier alpha value is -2.52. The molecule has 8 nitrogen and oxygen atoms in total. The molecule has 0 saturated carbocycles. The van der Waals surface area contributed by atoms with Crippen molar-refractivity contribution in [3.05, 3.63) is 34.2 Å². The molecule has 3 aromatic heterocycles. The highest BCUT2D eigenvalue weighted by Gasteiger charge is 2.18. The van der Waals surface area contributed by atoms with E-state index in [-0.39, 0.29) is 11.9 Å². The standard InChI is InChI=1S/C18H25N7OS/c1-11(2)21-16(26)7-24(5)8-17-22-15(9-27-17)14-6-12(3)25(13(14)4)18-19-10-20-23-18/h6,9-11H,7-8H2,1-5H3,(H,21,26)(H,19,20,23)/p+1. The second-order valence-corrected chi connectivity index (χ2v) is 8.03. The Balaban J connectivity index is 1.73. The smallest absolute Gasteiger partial charge is 0.275 e. The molecule has 3 N–H and O–H groups in total. The molecular formula is C18H26N7OS+. The van der Waals surface area contributed by atoms with Crippen molar-refractivity contribution in [2.75, 3.05) is 13.6 Å². The summed E-state index contributed by atoms with van der Waals surface area (Å²) < 4.78 is 2.04. The van der Waals surface area contributed by atoms with E-state index in [4.69, 9.17) is 4.98 Å². The maximum atomic E-state index is 11.9. The van der Waals surface area contributed by atoms with E-state index in [9.17, 15) is 4.79 Å². The predicted molar refractivity (Wildman–Crippen MR) is 105 cm³/mol. The molecule has 0 aliphatic carbocycles. The molecule has 3 aromatic rings. The first-order valence-electron chi connectivity index (χ1n) is 8.95. The van der Waals surface area contributed by atoms with Crippen molar-refractivity contribution in [2.45, 2.75) is 40.3 Å². The van der Waals surface area contributed by atoms with Gasteiger partial charge in [0, 0.05) is 28.4 Å². The van der Waals surface area contributed by atoms with Crippen molar-refractivity contribution in [3.63, 3.8) is 0 Å². The van der Waals surface area contributed by atoms with E-state index >= 15 is 0 Å². The average molecular weight is 389 g/mol. The van der Waals surface area contributed by atoms with Gasteiger partial charge in [-0.25, -0.2) is 10.1 Å². The van der Waals surface area contributed by atoms with Crippen LogP contribution in [0.3, 0.4) is 0 Å². The second-order valence-electron chi connectivity index (χ2n) is 7.09. The number of aromatic nitrogens is 5. The van der Waals surface area contributed by atoms with E-state index in [0.717, 1.165) is 39.1 Å². The van der Waals surface area contributed by atoms with Crippen LogP contribution in [0.25, 0.3) is 17.2 Å². The number of carbonyl (C=O) groups is 1. The molecule has 0 aromatic carbocycles. The van der Waals surface area contributed by atoms with Gasteiger partial charge in [0.2, 0.25) is 5.95 Å². The molecule has 1 amide bonds. The van der Waals surface area contributed by atoms with Gasteiger partial charge in [0.1, 0.15) is 17.9 Å². The van der Waals surface area contributed by atoms with Gasteiger partial charge >= 0.3 is 0 Å². The number of hydrogen-bond donors (Lipinski definition) is 3. The first-order chi connectivity index (χ1) is 12.8. The van der Waals surface area contributed by atoms with Crippen molar-refractivity contribution in [3.8, 4) is 17.2 Å². The lowest BCUT2D eigenvalue weighted by atomic mass is 10.2. The Bertz CT molecular complexity index is 910. The van der Waals surface area contributed by atoms with E-state index in [2.05, 4.69) is 38.9 Å². The normalized spacial score (nSPS) is 12.5. The van der Waals surface area contributed by atoms with Crippen LogP contribution in [-0.2, 0) is 11.3 Å². The number of quaternary nitrogens is 1. The van der Waals surface area contributed by atoms with Gasteiger partial charge in [-0.05, 0) is 33.8 Å². The summed E-state index contributed by atoms with van der Waals surface area (Å²) in [4.78, 5) is 22.1. The minimum absolute atomic E-state index is 0.0647. The third-order valence-corrected chi connectivity index (χ3v) is 5.09. The molecule has 1 unspecified atom stereocenters.